The van der Waals surface area contributed by atoms with E-state index in [0.717, 1.165) is 6.42 Å². The van der Waals surface area contributed by atoms with Gasteiger partial charge in [-0.1, -0.05) is 20.3 Å². The van der Waals surface area contributed by atoms with Gasteiger partial charge in [-0.3, -0.25) is 0 Å². The predicted octanol–water partition coefficient (Wildman–Crippen LogP) is 2.21. The first kappa shape index (κ1) is 11.9. The fourth-order valence-corrected chi connectivity index (χ4v) is 0.772. The van der Waals surface area contributed by atoms with Crippen LogP contribution in [0.3, 0.4) is 0 Å². The zero-order chi connectivity index (χ0) is 9.78. The minimum absolute atomic E-state index is 0.144. The van der Waals surface area contributed by atoms with Crippen molar-refractivity contribution < 1.29 is 9.84 Å². The summed E-state index contributed by atoms with van der Waals surface area (Å²) >= 11 is 0. The molecule has 2 atom stereocenters. The average molecular weight is 174 g/mol. The molecule has 0 radical (unpaired) electrons. The highest BCUT2D eigenvalue weighted by Gasteiger charge is 2.16. The van der Waals surface area contributed by atoms with Gasteiger partial charge in [0.1, 0.15) is 0 Å². The first-order valence-electron chi connectivity index (χ1n) is 4.69. The van der Waals surface area contributed by atoms with Crippen LogP contribution in [-0.4, -0.2) is 23.4 Å². The van der Waals surface area contributed by atoms with Gasteiger partial charge in [0.05, 0.1) is 18.3 Å². The molecule has 0 rings (SSSR count). The van der Waals surface area contributed by atoms with E-state index < -0.39 is 0 Å². The monoisotopic (exact) mass is 174 g/mol. The molecule has 12 heavy (non-hydrogen) atoms. The van der Waals surface area contributed by atoms with E-state index in [4.69, 9.17) is 4.74 Å². The molecule has 0 spiro atoms. The van der Waals surface area contributed by atoms with E-state index >= 15 is 0 Å². The van der Waals surface area contributed by atoms with Crippen molar-refractivity contribution in [1.82, 2.24) is 0 Å². The number of aliphatic hydroxyl groups is 1. The molecule has 2 heteroatoms. The van der Waals surface area contributed by atoms with E-state index in [1.807, 2.05) is 27.7 Å². The van der Waals surface area contributed by atoms with Crippen LogP contribution in [0.1, 0.15) is 41.0 Å². The Morgan fingerprint density at radius 1 is 1.33 bits per heavy atom. The van der Waals surface area contributed by atoms with E-state index in [0.29, 0.717) is 12.5 Å². The average Bonchev–Trinajstić information content (AvgIpc) is 1.97. The lowest BCUT2D eigenvalue weighted by Gasteiger charge is -2.24. The van der Waals surface area contributed by atoms with Crippen LogP contribution in [0.2, 0.25) is 0 Å². The summed E-state index contributed by atoms with van der Waals surface area (Å²) < 4.78 is 5.46. The maximum absolute atomic E-state index is 9.56. The lowest BCUT2D eigenvalue weighted by molar-refractivity contribution is -0.0627. The summed E-state index contributed by atoms with van der Waals surface area (Å²) in [5.41, 5.74) is -0.144. The molecule has 0 aromatic heterocycles. The summed E-state index contributed by atoms with van der Waals surface area (Å²) in [7, 11) is 0. The molecule has 0 saturated heterocycles. The van der Waals surface area contributed by atoms with Crippen LogP contribution in [0.5, 0.6) is 0 Å². The fraction of sp³-hybridized carbons (Fsp3) is 1.00. The quantitative estimate of drug-likeness (QED) is 0.708. The highest BCUT2D eigenvalue weighted by molar-refractivity contribution is 4.65. The molecule has 2 unspecified atom stereocenters. The maximum atomic E-state index is 9.56. The number of hydrogen-bond acceptors (Lipinski definition) is 2. The number of ether oxygens (including phenoxy) is 1. The van der Waals surface area contributed by atoms with Gasteiger partial charge in [-0.15, -0.1) is 0 Å². The molecule has 74 valence electrons. The Hall–Kier alpha value is -0.0800. The highest BCUT2D eigenvalue weighted by atomic mass is 16.5. The van der Waals surface area contributed by atoms with Gasteiger partial charge in [-0.05, 0) is 26.7 Å². The van der Waals surface area contributed by atoms with Gasteiger partial charge in [-0.25, -0.2) is 0 Å². The number of rotatable bonds is 4. The van der Waals surface area contributed by atoms with Gasteiger partial charge in [0.2, 0.25) is 0 Å². The third-order valence-corrected chi connectivity index (χ3v) is 1.99. The minimum atomic E-state index is -0.325. The number of aliphatic hydroxyl groups excluding tert-OH is 1. The summed E-state index contributed by atoms with van der Waals surface area (Å²) in [4.78, 5) is 0. The van der Waals surface area contributed by atoms with Crippen LogP contribution in [0.15, 0.2) is 0 Å². The smallest absolute Gasteiger partial charge is 0.0799 e. The summed E-state index contributed by atoms with van der Waals surface area (Å²) in [5.74, 6) is 0.326. The topological polar surface area (TPSA) is 29.5 Å². The normalized spacial score (nSPS) is 17.5. The third-order valence-electron chi connectivity index (χ3n) is 1.99. The Labute approximate surface area is 75.9 Å². The zero-order valence-corrected chi connectivity index (χ0v) is 8.92. The van der Waals surface area contributed by atoms with Crippen molar-refractivity contribution in [1.29, 1.82) is 0 Å². The summed E-state index contributed by atoms with van der Waals surface area (Å²) in [6.07, 6.45) is 0.670. The zero-order valence-electron chi connectivity index (χ0n) is 8.92. The molecule has 2 nitrogen and oxygen atoms in total. The van der Waals surface area contributed by atoms with Crippen molar-refractivity contribution in [2.75, 3.05) is 6.61 Å². The summed E-state index contributed by atoms with van der Waals surface area (Å²) in [5, 5.41) is 9.56. The van der Waals surface area contributed by atoms with Crippen molar-refractivity contribution in [3.63, 3.8) is 0 Å². The molecule has 0 saturated carbocycles. The Kier molecular flexibility index (Phi) is 4.80. The molecule has 0 aromatic carbocycles. The SMILES string of the molecule is CCC(C)C(O)COC(C)(C)C. The van der Waals surface area contributed by atoms with Gasteiger partial charge in [0.15, 0.2) is 0 Å². The van der Waals surface area contributed by atoms with Gasteiger partial charge < -0.3 is 9.84 Å². The molecule has 0 amide bonds. The van der Waals surface area contributed by atoms with Crippen LogP contribution in [0, 0.1) is 5.92 Å². The Bertz CT molecular complexity index is 115. The molecular weight excluding hydrogens is 152 g/mol. The Morgan fingerprint density at radius 2 is 1.83 bits per heavy atom. The molecule has 0 fully saturated rings. The summed E-state index contributed by atoms with van der Waals surface area (Å²) in [6.45, 7) is 10.5. The second-order valence-electron chi connectivity index (χ2n) is 4.38. The van der Waals surface area contributed by atoms with Gasteiger partial charge in [-0.2, -0.15) is 0 Å². The minimum Gasteiger partial charge on any atom is -0.390 e. The van der Waals surface area contributed by atoms with E-state index in [1.165, 1.54) is 0 Å². The molecule has 0 aliphatic heterocycles. The third kappa shape index (κ3) is 5.56. The molecule has 0 bridgehead atoms. The van der Waals surface area contributed by atoms with Gasteiger partial charge in [0.25, 0.3) is 0 Å². The highest BCUT2D eigenvalue weighted by Crippen LogP contribution is 2.12. The molecular formula is C10H22O2. The van der Waals surface area contributed by atoms with Crippen LogP contribution in [0.4, 0.5) is 0 Å². The number of hydrogen-bond donors (Lipinski definition) is 1. The van der Waals surface area contributed by atoms with E-state index in [1.54, 1.807) is 0 Å². The van der Waals surface area contributed by atoms with Crippen molar-refractivity contribution in [3.8, 4) is 0 Å². The van der Waals surface area contributed by atoms with Crippen molar-refractivity contribution in [2.24, 2.45) is 5.92 Å². The second kappa shape index (κ2) is 4.83. The van der Waals surface area contributed by atoms with E-state index in [-0.39, 0.29) is 11.7 Å². The van der Waals surface area contributed by atoms with Crippen LogP contribution < -0.4 is 0 Å². The van der Waals surface area contributed by atoms with Crippen LogP contribution in [-0.2, 0) is 4.74 Å². The Balaban J connectivity index is 3.64. The first-order chi connectivity index (χ1) is 5.37. The lowest BCUT2D eigenvalue weighted by atomic mass is 10.0. The van der Waals surface area contributed by atoms with Crippen molar-refractivity contribution in [3.05, 3.63) is 0 Å². The van der Waals surface area contributed by atoms with Gasteiger partial charge >= 0.3 is 0 Å². The molecule has 1 N–H and O–H groups in total. The predicted molar refractivity (Wildman–Crippen MR) is 51.2 cm³/mol. The maximum Gasteiger partial charge on any atom is 0.0799 e. The van der Waals surface area contributed by atoms with Gasteiger partial charge in [0, 0.05) is 0 Å². The first-order valence-corrected chi connectivity index (χ1v) is 4.69. The molecule has 0 aromatic rings. The standard InChI is InChI=1S/C10H22O2/c1-6-8(2)9(11)7-12-10(3,4)5/h8-9,11H,6-7H2,1-5H3. The van der Waals surface area contributed by atoms with Crippen molar-refractivity contribution in [2.45, 2.75) is 52.7 Å². The van der Waals surface area contributed by atoms with Crippen LogP contribution >= 0.6 is 0 Å². The molecule has 0 heterocycles. The van der Waals surface area contributed by atoms with E-state index in [2.05, 4.69) is 6.92 Å². The van der Waals surface area contributed by atoms with E-state index in [9.17, 15) is 5.11 Å². The summed E-state index contributed by atoms with van der Waals surface area (Å²) in [6, 6.07) is 0. The fourth-order valence-electron chi connectivity index (χ4n) is 0.772. The lowest BCUT2D eigenvalue weighted by Crippen LogP contribution is -2.29. The Morgan fingerprint density at radius 3 is 2.17 bits per heavy atom. The van der Waals surface area contributed by atoms with Crippen molar-refractivity contribution >= 4 is 0 Å². The van der Waals surface area contributed by atoms with Crippen LogP contribution in [0.25, 0.3) is 0 Å². The molecule has 0 aliphatic rings. The second-order valence-corrected chi connectivity index (χ2v) is 4.38. The molecule has 0 aliphatic carbocycles. The largest absolute Gasteiger partial charge is 0.390 e.